The monoisotopic (exact) mass is 352 g/mol. The van der Waals surface area contributed by atoms with Gasteiger partial charge in [0.15, 0.2) is 5.75 Å². The summed E-state index contributed by atoms with van der Waals surface area (Å²) in [6, 6.07) is 14.3. The quantitative estimate of drug-likeness (QED) is 0.678. The highest BCUT2D eigenvalue weighted by atomic mass is 16.5. The molecule has 0 saturated heterocycles. The third-order valence-electron chi connectivity index (χ3n) is 4.00. The van der Waals surface area contributed by atoms with Crippen LogP contribution in [0.15, 0.2) is 71.9 Å². The van der Waals surface area contributed by atoms with Crippen molar-refractivity contribution >= 4 is 0 Å². The number of pyridine rings is 2. The molecular weight excluding hydrogens is 332 g/mol. The molecule has 0 aliphatic rings. The number of ether oxygens (including phenoxy) is 1. The summed E-state index contributed by atoms with van der Waals surface area (Å²) in [5, 5.41) is 20.2. The first-order valence-corrected chi connectivity index (χ1v) is 8.29. The molecule has 1 atom stereocenters. The van der Waals surface area contributed by atoms with Gasteiger partial charge in [-0.05, 0) is 11.6 Å². The Morgan fingerprint density at radius 3 is 2.62 bits per heavy atom. The van der Waals surface area contributed by atoms with Crippen molar-refractivity contribution in [3.8, 4) is 5.75 Å². The third-order valence-corrected chi connectivity index (χ3v) is 4.00. The van der Waals surface area contributed by atoms with E-state index in [1.54, 1.807) is 29.1 Å². The van der Waals surface area contributed by atoms with E-state index in [4.69, 9.17) is 4.74 Å². The Balaban J connectivity index is 2.01. The van der Waals surface area contributed by atoms with Gasteiger partial charge in [-0.1, -0.05) is 36.4 Å². The zero-order chi connectivity index (χ0) is 18.4. The molecule has 0 spiro atoms. The zero-order valence-electron chi connectivity index (χ0n) is 14.2. The third kappa shape index (κ3) is 3.99. The minimum atomic E-state index is -1.10. The Kier molecular flexibility index (Phi) is 5.78. The maximum absolute atomic E-state index is 12.4. The van der Waals surface area contributed by atoms with E-state index in [1.807, 2.05) is 30.3 Å². The number of aliphatic hydroxyl groups excluding tert-OH is 2. The summed E-state index contributed by atoms with van der Waals surface area (Å²) >= 11 is 0. The second kappa shape index (κ2) is 8.42. The van der Waals surface area contributed by atoms with Crippen molar-refractivity contribution in [3.63, 3.8) is 0 Å². The molecule has 0 radical (unpaired) electrons. The topological polar surface area (TPSA) is 84.6 Å². The van der Waals surface area contributed by atoms with Gasteiger partial charge in [0, 0.05) is 36.8 Å². The summed E-state index contributed by atoms with van der Waals surface area (Å²) in [5.74, 6) is 0.0705. The first kappa shape index (κ1) is 17.8. The lowest BCUT2D eigenvalue weighted by molar-refractivity contribution is 0.190. The second-order valence-electron chi connectivity index (χ2n) is 5.77. The minimum absolute atomic E-state index is 0.0705. The average molecular weight is 352 g/mol. The number of rotatable bonds is 7. The molecule has 2 N–H and O–H groups in total. The molecule has 2 heterocycles. The minimum Gasteiger partial charge on any atom is -0.483 e. The van der Waals surface area contributed by atoms with Crippen LogP contribution in [0.1, 0.15) is 22.9 Å². The second-order valence-corrected chi connectivity index (χ2v) is 5.77. The van der Waals surface area contributed by atoms with Crippen LogP contribution < -0.4 is 10.2 Å². The Morgan fingerprint density at radius 2 is 1.92 bits per heavy atom. The molecule has 2 aromatic heterocycles. The summed E-state index contributed by atoms with van der Waals surface area (Å²) < 4.78 is 7.41. The average Bonchev–Trinajstić information content (AvgIpc) is 2.69. The van der Waals surface area contributed by atoms with Gasteiger partial charge in [0.1, 0.15) is 12.7 Å². The van der Waals surface area contributed by atoms with Crippen molar-refractivity contribution in [2.75, 3.05) is 6.61 Å². The van der Waals surface area contributed by atoms with Gasteiger partial charge in [-0.2, -0.15) is 0 Å². The van der Waals surface area contributed by atoms with Gasteiger partial charge < -0.3 is 19.5 Å². The van der Waals surface area contributed by atoms with Crippen LogP contribution in [-0.4, -0.2) is 26.4 Å². The number of aromatic nitrogens is 2. The molecule has 0 aliphatic carbocycles. The van der Waals surface area contributed by atoms with Crippen molar-refractivity contribution < 1.29 is 14.9 Å². The molecule has 0 fully saturated rings. The van der Waals surface area contributed by atoms with Crippen LogP contribution >= 0.6 is 0 Å². The summed E-state index contributed by atoms with van der Waals surface area (Å²) in [6.07, 6.45) is 3.58. The Morgan fingerprint density at radius 1 is 1.12 bits per heavy atom. The van der Waals surface area contributed by atoms with Crippen molar-refractivity contribution in [1.82, 2.24) is 9.55 Å². The van der Waals surface area contributed by atoms with Crippen LogP contribution in [0.4, 0.5) is 0 Å². The van der Waals surface area contributed by atoms with E-state index >= 15 is 0 Å². The van der Waals surface area contributed by atoms with Crippen LogP contribution in [0.25, 0.3) is 0 Å². The fourth-order valence-electron chi connectivity index (χ4n) is 2.72. The first-order valence-electron chi connectivity index (χ1n) is 8.29. The summed E-state index contributed by atoms with van der Waals surface area (Å²) in [5.41, 5.74) is 1.42. The predicted molar refractivity (Wildman–Crippen MR) is 96.9 cm³/mol. The van der Waals surface area contributed by atoms with E-state index in [-0.39, 0.29) is 30.9 Å². The zero-order valence-corrected chi connectivity index (χ0v) is 14.2. The van der Waals surface area contributed by atoms with Gasteiger partial charge in [0.2, 0.25) is 5.43 Å². The van der Waals surface area contributed by atoms with Gasteiger partial charge in [-0.15, -0.1) is 0 Å². The van der Waals surface area contributed by atoms with Crippen molar-refractivity contribution in [2.24, 2.45) is 0 Å². The highest BCUT2D eigenvalue weighted by Crippen LogP contribution is 2.28. The van der Waals surface area contributed by atoms with Crippen molar-refractivity contribution in [2.45, 2.75) is 19.3 Å². The highest BCUT2D eigenvalue weighted by molar-refractivity contribution is 5.36. The predicted octanol–water partition coefficient (Wildman–Crippen LogP) is 1.90. The highest BCUT2D eigenvalue weighted by Gasteiger charge is 2.22. The molecule has 26 heavy (non-hydrogen) atoms. The summed E-state index contributed by atoms with van der Waals surface area (Å²) in [4.78, 5) is 16.4. The van der Waals surface area contributed by atoms with Crippen LogP contribution in [0.2, 0.25) is 0 Å². The molecular formula is C20H20N2O4. The van der Waals surface area contributed by atoms with E-state index < -0.39 is 6.10 Å². The van der Waals surface area contributed by atoms with Gasteiger partial charge in [-0.3, -0.25) is 9.78 Å². The normalized spacial score (nSPS) is 11.9. The number of hydrogen-bond acceptors (Lipinski definition) is 5. The molecule has 6 nitrogen and oxygen atoms in total. The van der Waals surface area contributed by atoms with Gasteiger partial charge in [-0.25, -0.2) is 0 Å². The number of benzene rings is 1. The largest absolute Gasteiger partial charge is 0.483 e. The van der Waals surface area contributed by atoms with E-state index in [2.05, 4.69) is 4.98 Å². The van der Waals surface area contributed by atoms with E-state index in [9.17, 15) is 15.0 Å². The van der Waals surface area contributed by atoms with Crippen LogP contribution in [0.5, 0.6) is 5.75 Å². The number of aliphatic hydroxyl groups is 2. The van der Waals surface area contributed by atoms with Gasteiger partial charge in [0.25, 0.3) is 0 Å². The molecule has 0 saturated carbocycles. The Bertz CT molecular complexity index is 895. The lowest BCUT2D eigenvalue weighted by Crippen LogP contribution is -2.21. The lowest BCUT2D eigenvalue weighted by Gasteiger charge is -2.21. The fraction of sp³-hybridized carbons (Fsp3) is 0.200. The molecule has 134 valence electrons. The fourth-order valence-corrected chi connectivity index (χ4v) is 2.72. The molecule has 3 aromatic rings. The van der Waals surface area contributed by atoms with Crippen LogP contribution in [0.3, 0.4) is 0 Å². The molecule has 0 amide bonds. The number of nitrogens with zero attached hydrogens (tertiary/aromatic N) is 2. The van der Waals surface area contributed by atoms with E-state index in [1.165, 1.54) is 12.3 Å². The smallest absolute Gasteiger partial charge is 0.223 e. The summed E-state index contributed by atoms with van der Waals surface area (Å²) in [7, 11) is 0. The van der Waals surface area contributed by atoms with Crippen molar-refractivity contribution in [3.05, 3.63) is 94.2 Å². The Hall–Kier alpha value is -2.96. The molecule has 6 heteroatoms. The standard InChI is InChI=1S/C20H20N2O4/c23-12-11-22-10-8-17(24)20(26-14-15-5-2-1-3-6-15)18(22)19(25)16-7-4-9-21-13-16/h1-10,13,19,23,25H,11-12,14H2. The SMILES string of the molecule is O=c1ccn(CCO)c(C(O)c2cccnc2)c1OCc1ccccc1. The molecule has 3 rings (SSSR count). The van der Waals surface area contributed by atoms with Gasteiger partial charge in [0.05, 0.1) is 12.3 Å². The molecule has 1 aromatic carbocycles. The van der Waals surface area contributed by atoms with Crippen molar-refractivity contribution in [1.29, 1.82) is 0 Å². The Labute approximate surface area is 151 Å². The number of hydrogen-bond donors (Lipinski definition) is 2. The van der Waals surface area contributed by atoms with Crippen LogP contribution in [-0.2, 0) is 13.2 Å². The van der Waals surface area contributed by atoms with E-state index in [0.29, 0.717) is 11.3 Å². The molecule has 0 aliphatic heterocycles. The first-order chi connectivity index (χ1) is 12.7. The lowest BCUT2D eigenvalue weighted by atomic mass is 10.1. The van der Waals surface area contributed by atoms with Crippen LogP contribution in [0, 0.1) is 0 Å². The molecule has 0 bridgehead atoms. The summed E-state index contributed by atoms with van der Waals surface area (Å²) in [6.45, 7) is 0.300. The van der Waals surface area contributed by atoms with E-state index in [0.717, 1.165) is 5.56 Å². The maximum atomic E-state index is 12.4. The maximum Gasteiger partial charge on any atom is 0.223 e. The van der Waals surface area contributed by atoms with Gasteiger partial charge >= 0.3 is 0 Å². The molecule has 1 unspecified atom stereocenters.